The first-order valence-electron chi connectivity index (χ1n) is 6.19. The predicted molar refractivity (Wildman–Crippen MR) is 77.6 cm³/mol. The van der Waals surface area contributed by atoms with Crippen LogP contribution in [0.15, 0.2) is 48.9 Å². The van der Waals surface area contributed by atoms with Gasteiger partial charge in [-0.3, -0.25) is 9.59 Å². The number of hydrogen-bond donors (Lipinski definition) is 3. The van der Waals surface area contributed by atoms with Crippen molar-refractivity contribution in [3.05, 3.63) is 48.9 Å². The Balaban J connectivity index is 1.69. The molecule has 0 radical (unpaired) electrons. The maximum atomic E-state index is 11.8. The van der Waals surface area contributed by atoms with Crippen molar-refractivity contribution in [3.63, 3.8) is 0 Å². The first-order valence-corrected chi connectivity index (χ1v) is 6.19. The van der Waals surface area contributed by atoms with E-state index < -0.39 is 11.8 Å². The highest BCUT2D eigenvalue weighted by atomic mass is 16.2. The largest absolute Gasteiger partial charge is 0.345 e. The number of aromatic amines is 1. The number of anilines is 2. The van der Waals surface area contributed by atoms with Gasteiger partial charge in [-0.2, -0.15) is 0 Å². The van der Waals surface area contributed by atoms with Gasteiger partial charge in [0, 0.05) is 11.9 Å². The van der Waals surface area contributed by atoms with E-state index in [1.807, 2.05) is 0 Å². The van der Waals surface area contributed by atoms with Crippen LogP contribution < -0.4 is 10.6 Å². The zero-order valence-electron chi connectivity index (χ0n) is 10.8. The van der Waals surface area contributed by atoms with Crippen molar-refractivity contribution < 1.29 is 9.59 Å². The molecule has 3 rings (SSSR count). The van der Waals surface area contributed by atoms with Gasteiger partial charge in [-0.25, -0.2) is 9.97 Å². The third kappa shape index (κ3) is 2.86. The number of imidazole rings is 1. The van der Waals surface area contributed by atoms with Gasteiger partial charge in [-0.05, 0) is 30.3 Å². The summed E-state index contributed by atoms with van der Waals surface area (Å²) in [6, 6.07) is 10.2. The maximum absolute atomic E-state index is 11.8. The van der Waals surface area contributed by atoms with E-state index in [9.17, 15) is 9.59 Å². The monoisotopic (exact) mass is 281 g/mol. The molecular formula is C14H11N5O2. The van der Waals surface area contributed by atoms with Crippen molar-refractivity contribution in [2.45, 2.75) is 0 Å². The number of benzene rings is 1. The smallest absolute Gasteiger partial charge is 0.315 e. The number of carbonyl (C=O) groups excluding carboxylic acids is 2. The topological polar surface area (TPSA) is 99.8 Å². The van der Waals surface area contributed by atoms with Crippen LogP contribution in [-0.4, -0.2) is 26.8 Å². The molecule has 104 valence electrons. The van der Waals surface area contributed by atoms with Crippen LogP contribution in [0.2, 0.25) is 0 Å². The summed E-state index contributed by atoms with van der Waals surface area (Å²) in [5.41, 5.74) is 2.07. The van der Waals surface area contributed by atoms with Crippen LogP contribution in [0.25, 0.3) is 11.0 Å². The molecule has 7 nitrogen and oxygen atoms in total. The van der Waals surface area contributed by atoms with Crippen LogP contribution >= 0.6 is 0 Å². The van der Waals surface area contributed by atoms with Crippen molar-refractivity contribution >= 4 is 34.4 Å². The molecule has 2 amide bonds. The third-order valence-electron chi connectivity index (χ3n) is 2.79. The SMILES string of the molecule is O=C(Nc1ccc2nc[nH]c2c1)C(=O)Nc1ccccn1. The molecular weight excluding hydrogens is 270 g/mol. The number of H-pyrrole nitrogens is 1. The minimum Gasteiger partial charge on any atom is -0.345 e. The fourth-order valence-electron chi connectivity index (χ4n) is 1.81. The Morgan fingerprint density at radius 3 is 2.67 bits per heavy atom. The number of fused-ring (bicyclic) bond motifs is 1. The fraction of sp³-hybridized carbons (Fsp3) is 0. The second-order valence-electron chi connectivity index (χ2n) is 4.26. The molecule has 2 heterocycles. The van der Waals surface area contributed by atoms with Gasteiger partial charge >= 0.3 is 11.8 Å². The standard InChI is InChI=1S/C14H11N5O2/c20-13(14(21)19-12-3-1-2-6-15-12)18-9-4-5-10-11(7-9)17-8-16-10/h1-8H,(H,16,17)(H,18,20)(H,15,19,21). The van der Waals surface area contributed by atoms with E-state index in [0.29, 0.717) is 11.5 Å². The Hall–Kier alpha value is -3.22. The third-order valence-corrected chi connectivity index (χ3v) is 2.79. The van der Waals surface area contributed by atoms with E-state index in [0.717, 1.165) is 11.0 Å². The van der Waals surface area contributed by atoms with Gasteiger partial charge in [0.25, 0.3) is 0 Å². The fourth-order valence-corrected chi connectivity index (χ4v) is 1.81. The average Bonchev–Trinajstić information content (AvgIpc) is 2.95. The molecule has 0 saturated carbocycles. The van der Waals surface area contributed by atoms with Crippen molar-refractivity contribution in [2.75, 3.05) is 10.6 Å². The highest BCUT2D eigenvalue weighted by Crippen LogP contribution is 2.15. The average molecular weight is 281 g/mol. The highest BCUT2D eigenvalue weighted by Gasteiger charge is 2.14. The van der Waals surface area contributed by atoms with Crippen LogP contribution in [0.1, 0.15) is 0 Å². The molecule has 0 aliphatic heterocycles. The van der Waals surface area contributed by atoms with Crippen molar-refractivity contribution in [1.82, 2.24) is 15.0 Å². The lowest BCUT2D eigenvalue weighted by atomic mass is 10.2. The van der Waals surface area contributed by atoms with Gasteiger partial charge < -0.3 is 15.6 Å². The highest BCUT2D eigenvalue weighted by molar-refractivity contribution is 6.43. The van der Waals surface area contributed by atoms with Gasteiger partial charge in [0.05, 0.1) is 17.4 Å². The maximum Gasteiger partial charge on any atom is 0.315 e. The van der Waals surface area contributed by atoms with Gasteiger partial charge in [-0.1, -0.05) is 6.07 Å². The van der Waals surface area contributed by atoms with Crippen LogP contribution in [0.3, 0.4) is 0 Å². The molecule has 7 heteroatoms. The Labute approximate surface area is 119 Å². The quantitative estimate of drug-likeness (QED) is 0.620. The molecule has 0 atom stereocenters. The minimum absolute atomic E-state index is 0.321. The molecule has 3 N–H and O–H groups in total. The number of pyridine rings is 1. The van der Waals surface area contributed by atoms with Gasteiger partial charge in [0.2, 0.25) is 0 Å². The zero-order valence-corrected chi connectivity index (χ0v) is 10.8. The summed E-state index contributed by atoms with van der Waals surface area (Å²) in [6.07, 6.45) is 3.09. The summed E-state index contributed by atoms with van der Waals surface area (Å²) in [6.45, 7) is 0. The van der Waals surface area contributed by atoms with Crippen LogP contribution in [0.5, 0.6) is 0 Å². The molecule has 0 aliphatic rings. The molecule has 21 heavy (non-hydrogen) atoms. The van der Waals surface area contributed by atoms with Crippen molar-refractivity contribution in [1.29, 1.82) is 0 Å². The van der Waals surface area contributed by atoms with Gasteiger partial charge in [0.1, 0.15) is 5.82 Å². The van der Waals surface area contributed by atoms with E-state index in [4.69, 9.17) is 0 Å². The molecule has 0 spiro atoms. The van der Waals surface area contributed by atoms with E-state index in [1.165, 1.54) is 6.20 Å². The zero-order chi connectivity index (χ0) is 14.7. The number of carbonyl (C=O) groups is 2. The van der Waals surface area contributed by atoms with Gasteiger partial charge in [-0.15, -0.1) is 0 Å². The van der Waals surface area contributed by atoms with Crippen molar-refractivity contribution in [3.8, 4) is 0 Å². The summed E-state index contributed by atoms with van der Waals surface area (Å²) in [5, 5.41) is 4.93. The number of nitrogens with one attached hydrogen (secondary N) is 3. The summed E-state index contributed by atoms with van der Waals surface area (Å²) in [5.74, 6) is -1.22. The molecule has 0 fully saturated rings. The molecule has 3 aromatic rings. The van der Waals surface area contributed by atoms with Crippen LogP contribution in [-0.2, 0) is 9.59 Å². The Morgan fingerprint density at radius 1 is 1.00 bits per heavy atom. The van der Waals surface area contributed by atoms with Crippen LogP contribution in [0.4, 0.5) is 11.5 Å². The summed E-state index contributed by atoms with van der Waals surface area (Å²) in [7, 11) is 0. The number of amides is 2. The predicted octanol–water partition coefficient (Wildman–Crippen LogP) is 1.54. The van der Waals surface area contributed by atoms with Gasteiger partial charge in [0.15, 0.2) is 0 Å². The lowest BCUT2D eigenvalue weighted by molar-refractivity contribution is -0.133. The summed E-state index contributed by atoms with van der Waals surface area (Å²) >= 11 is 0. The molecule has 0 saturated heterocycles. The van der Waals surface area contributed by atoms with Crippen LogP contribution in [0, 0.1) is 0 Å². The molecule has 0 aliphatic carbocycles. The lowest BCUT2D eigenvalue weighted by Crippen LogP contribution is -2.29. The number of aromatic nitrogens is 3. The lowest BCUT2D eigenvalue weighted by Gasteiger charge is -2.05. The normalized spacial score (nSPS) is 10.3. The number of hydrogen-bond acceptors (Lipinski definition) is 4. The Kier molecular flexibility index (Phi) is 3.30. The molecule has 2 aromatic heterocycles. The second kappa shape index (κ2) is 5.41. The van der Waals surface area contributed by atoms with E-state index >= 15 is 0 Å². The first-order chi connectivity index (χ1) is 10.2. The first kappa shape index (κ1) is 12.8. The minimum atomic E-state index is -0.779. The van der Waals surface area contributed by atoms with Crippen molar-refractivity contribution in [2.24, 2.45) is 0 Å². The van der Waals surface area contributed by atoms with E-state index in [2.05, 4.69) is 25.6 Å². The van der Waals surface area contributed by atoms with E-state index in [-0.39, 0.29) is 0 Å². The Bertz CT molecular complexity index is 797. The molecule has 1 aromatic carbocycles. The Morgan fingerprint density at radius 2 is 1.86 bits per heavy atom. The number of nitrogens with zero attached hydrogens (tertiary/aromatic N) is 2. The summed E-state index contributed by atoms with van der Waals surface area (Å²) in [4.78, 5) is 34.5. The summed E-state index contributed by atoms with van der Waals surface area (Å²) < 4.78 is 0. The molecule has 0 unspecified atom stereocenters. The van der Waals surface area contributed by atoms with E-state index in [1.54, 1.807) is 42.7 Å². The number of rotatable bonds is 2. The molecule has 0 bridgehead atoms. The second-order valence-corrected chi connectivity index (χ2v) is 4.26.